The van der Waals surface area contributed by atoms with E-state index in [1.807, 2.05) is 0 Å². The molecule has 34 heavy (non-hydrogen) atoms. The topological polar surface area (TPSA) is 99.2 Å². The smallest absolute Gasteiger partial charge is 0.323 e. The molecule has 2 N–H and O–H groups in total. The molecule has 0 fully saturated rings. The van der Waals surface area contributed by atoms with E-state index < -0.39 is 30.1 Å². The number of hydrogen-bond donors (Lipinski definition) is 2. The molecule has 2 aromatic carbocycles. The minimum absolute atomic E-state index is 0.0851. The van der Waals surface area contributed by atoms with E-state index in [4.69, 9.17) is 16.3 Å². The number of anilines is 2. The number of carboxylic acids is 1. The van der Waals surface area contributed by atoms with Crippen molar-refractivity contribution in [1.82, 2.24) is 4.90 Å². The highest BCUT2D eigenvalue weighted by atomic mass is 35.5. The van der Waals surface area contributed by atoms with Crippen molar-refractivity contribution in [3.05, 3.63) is 74.7 Å². The van der Waals surface area contributed by atoms with Gasteiger partial charge in [-0.1, -0.05) is 11.6 Å². The second-order valence-corrected chi connectivity index (χ2v) is 9.19. The number of halogens is 2. The van der Waals surface area contributed by atoms with Crippen molar-refractivity contribution in [3.63, 3.8) is 0 Å². The number of rotatable bonds is 7. The zero-order chi connectivity index (χ0) is 24.4. The SMILES string of the molecule is CNc1cc2c(cc1F)C(=O)N(c1ccc(C(=O)N(CC(=O)O)Cc3ccc(Cl)s3)cc1)CO2. The Balaban J connectivity index is 1.53. The van der Waals surface area contributed by atoms with Crippen LogP contribution in [0.15, 0.2) is 48.5 Å². The maximum atomic E-state index is 14.2. The van der Waals surface area contributed by atoms with Gasteiger partial charge in [0.05, 0.1) is 22.1 Å². The quantitative estimate of drug-likeness (QED) is 0.498. The molecule has 4 rings (SSSR count). The van der Waals surface area contributed by atoms with Gasteiger partial charge < -0.3 is 20.1 Å². The lowest BCUT2D eigenvalue weighted by molar-refractivity contribution is -0.137. The number of thiophene rings is 1. The fourth-order valence-corrected chi connectivity index (χ4v) is 4.62. The summed E-state index contributed by atoms with van der Waals surface area (Å²) in [6.07, 6.45) is 0. The maximum absolute atomic E-state index is 14.2. The van der Waals surface area contributed by atoms with Crippen molar-refractivity contribution < 1.29 is 28.6 Å². The first-order valence-corrected chi connectivity index (χ1v) is 11.3. The summed E-state index contributed by atoms with van der Waals surface area (Å²) in [4.78, 5) is 40.5. The molecule has 0 unspecified atom stereocenters. The molecule has 3 aromatic rings. The lowest BCUT2D eigenvalue weighted by atomic mass is 10.1. The monoisotopic (exact) mass is 503 g/mol. The lowest BCUT2D eigenvalue weighted by Crippen LogP contribution is -2.39. The molecule has 0 bridgehead atoms. The number of nitrogens with zero attached hydrogens (tertiary/aromatic N) is 2. The molecule has 2 amide bonds. The van der Waals surface area contributed by atoms with E-state index in [9.17, 15) is 23.9 Å². The first-order chi connectivity index (χ1) is 16.3. The Morgan fingerprint density at radius 2 is 1.97 bits per heavy atom. The van der Waals surface area contributed by atoms with Gasteiger partial charge in [-0.2, -0.15) is 0 Å². The number of carboxylic acid groups (broad SMARTS) is 1. The Morgan fingerprint density at radius 1 is 1.24 bits per heavy atom. The first-order valence-electron chi connectivity index (χ1n) is 10.1. The summed E-state index contributed by atoms with van der Waals surface area (Å²) in [6, 6.07) is 12.1. The summed E-state index contributed by atoms with van der Waals surface area (Å²) in [6.45, 7) is -0.469. The summed E-state index contributed by atoms with van der Waals surface area (Å²) in [7, 11) is 1.57. The Morgan fingerprint density at radius 3 is 2.59 bits per heavy atom. The predicted molar refractivity (Wildman–Crippen MR) is 126 cm³/mol. The van der Waals surface area contributed by atoms with Crippen molar-refractivity contribution in [2.24, 2.45) is 0 Å². The van der Waals surface area contributed by atoms with Crippen LogP contribution in [0.5, 0.6) is 5.75 Å². The van der Waals surface area contributed by atoms with Gasteiger partial charge >= 0.3 is 5.97 Å². The number of nitrogens with one attached hydrogen (secondary N) is 1. The molecule has 1 aliphatic rings. The fraction of sp³-hybridized carbons (Fsp3) is 0.174. The fourth-order valence-electron chi connectivity index (χ4n) is 3.52. The van der Waals surface area contributed by atoms with Crippen LogP contribution in [-0.2, 0) is 11.3 Å². The van der Waals surface area contributed by atoms with E-state index >= 15 is 0 Å². The molecule has 176 valence electrons. The molecule has 0 atom stereocenters. The van der Waals surface area contributed by atoms with Crippen LogP contribution in [0.3, 0.4) is 0 Å². The van der Waals surface area contributed by atoms with E-state index in [1.54, 1.807) is 31.3 Å². The second-order valence-electron chi connectivity index (χ2n) is 7.39. The third-order valence-corrected chi connectivity index (χ3v) is 6.39. The van der Waals surface area contributed by atoms with E-state index in [0.717, 1.165) is 10.9 Å². The van der Waals surface area contributed by atoms with Crippen LogP contribution in [0, 0.1) is 5.82 Å². The van der Waals surface area contributed by atoms with Gasteiger partial charge in [0.15, 0.2) is 6.73 Å². The van der Waals surface area contributed by atoms with Crippen LogP contribution in [0.1, 0.15) is 25.6 Å². The maximum Gasteiger partial charge on any atom is 0.323 e. The average Bonchev–Trinajstić information content (AvgIpc) is 3.23. The summed E-state index contributed by atoms with van der Waals surface area (Å²) >= 11 is 7.20. The van der Waals surface area contributed by atoms with Crippen LogP contribution in [0.25, 0.3) is 0 Å². The highest BCUT2D eigenvalue weighted by molar-refractivity contribution is 7.16. The van der Waals surface area contributed by atoms with Gasteiger partial charge in [0.25, 0.3) is 11.8 Å². The van der Waals surface area contributed by atoms with Crippen LogP contribution in [0.4, 0.5) is 15.8 Å². The molecule has 0 aliphatic carbocycles. The molecule has 0 saturated heterocycles. The van der Waals surface area contributed by atoms with Crippen LogP contribution in [-0.4, -0.2) is 48.1 Å². The van der Waals surface area contributed by atoms with Gasteiger partial charge in [0.2, 0.25) is 0 Å². The van der Waals surface area contributed by atoms with Crippen molar-refractivity contribution >= 4 is 52.1 Å². The zero-order valence-corrected chi connectivity index (χ0v) is 19.5. The Hall–Kier alpha value is -3.63. The van der Waals surface area contributed by atoms with Gasteiger partial charge in [-0.05, 0) is 42.5 Å². The minimum atomic E-state index is -1.14. The number of amides is 2. The number of aliphatic carboxylic acids is 1. The molecular weight excluding hydrogens is 485 g/mol. The van der Waals surface area contributed by atoms with Gasteiger partial charge in [0, 0.05) is 29.2 Å². The molecule has 1 aromatic heterocycles. The van der Waals surface area contributed by atoms with E-state index in [0.29, 0.717) is 10.0 Å². The first kappa shape index (κ1) is 23.5. The van der Waals surface area contributed by atoms with Crippen LogP contribution in [0.2, 0.25) is 4.34 Å². The molecule has 0 radical (unpaired) electrons. The molecule has 0 spiro atoms. The number of carbonyl (C=O) groups excluding carboxylic acids is 2. The number of hydrogen-bond acceptors (Lipinski definition) is 6. The normalized spacial score (nSPS) is 12.7. The Bertz CT molecular complexity index is 1260. The molecule has 11 heteroatoms. The largest absolute Gasteiger partial charge is 0.480 e. The van der Waals surface area contributed by atoms with E-state index in [1.165, 1.54) is 39.3 Å². The number of carbonyl (C=O) groups is 3. The van der Waals surface area contributed by atoms with E-state index in [-0.39, 0.29) is 35.8 Å². The summed E-state index contributed by atoms with van der Waals surface area (Å²) in [5.41, 5.74) is 1.01. The Labute approximate surface area is 203 Å². The minimum Gasteiger partial charge on any atom is -0.480 e. The van der Waals surface area contributed by atoms with Gasteiger partial charge in [-0.3, -0.25) is 19.3 Å². The molecular formula is C23H19ClFN3O5S. The summed E-state index contributed by atoms with van der Waals surface area (Å²) in [5, 5.41) is 11.9. The van der Waals surface area contributed by atoms with Gasteiger partial charge in [0.1, 0.15) is 18.1 Å². The van der Waals surface area contributed by atoms with Crippen LogP contribution >= 0.6 is 22.9 Å². The van der Waals surface area contributed by atoms with Gasteiger partial charge in [-0.15, -0.1) is 11.3 Å². The second kappa shape index (κ2) is 9.70. The third-order valence-electron chi connectivity index (χ3n) is 5.18. The number of fused-ring (bicyclic) bond motifs is 1. The van der Waals surface area contributed by atoms with Crippen molar-refractivity contribution in [1.29, 1.82) is 0 Å². The molecule has 0 saturated carbocycles. The number of ether oxygens (including phenoxy) is 1. The lowest BCUT2D eigenvalue weighted by Gasteiger charge is -2.29. The predicted octanol–water partition coefficient (Wildman–Crippen LogP) is 4.31. The third kappa shape index (κ3) is 4.82. The molecule has 8 nitrogen and oxygen atoms in total. The Kier molecular flexibility index (Phi) is 6.71. The van der Waals surface area contributed by atoms with Crippen molar-refractivity contribution in [2.45, 2.75) is 6.54 Å². The van der Waals surface area contributed by atoms with Crippen molar-refractivity contribution in [2.75, 3.05) is 30.5 Å². The van der Waals surface area contributed by atoms with Crippen LogP contribution < -0.4 is 15.0 Å². The molecule has 2 heterocycles. The average molecular weight is 504 g/mol. The summed E-state index contributed by atoms with van der Waals surface area (Å²) < 4.78 is 20.3. The number of benzene rings is 2. The van der Waals surface area contributed by atoms with E-state index in [2.05, 4.69) is 5.32 Å². The standard InChI is InChI=1S/C23H19ClFN3O5S/c1-26-18-9-19-16(8-17(18)25)23(32)28(12-33-19)14-4-2-13(3-5-14)22(31)27(11-21(29)30)10-15-6-7-20(24)34-15/h2-9,26H,10-12H2,1H3,(H,29,30). The highest BCUT2D eigenvalue weighted by Crippen LogP contribution is 2.32. The van der Waals surface area contributed by atoms with Crippen molar-refractivity contribution in [3.8, 4) is 5.75 Å². The summed E-state index contributed by atoms with van der Waals surface area (Å²) in [5.74, 6) is -2.37. The highest BCUT2D eigenvalue weighted by Gasteiger charge is 2.29. The molecule has 1 aliphatic heterocycles. The zero-order valence-electron chi connectivity index (χ0n) is 17.9. The van der Waals surface area contributed by atoms with Gasteiger partial charge in [-0.25, -0.2) is 4.39 Å².